The Morgan fingerprint density at radius 3 is 2.35 bits per heavy atom. The van der Waals surface area contributed by atoms with Crippen LogP contribution in [0.2, 0.25) is 0 Å². The van der Waals surface area contributed by atoms with Crippen molar-refractivity contribution in [3.63, 3.8) is 0 Å². The molecule has 106 valence electrons. The van der Waals surface area contributed by atoms with Gasteiger partial charge in [-0.05, 0) is 42.5 Å². The van der Waals surface area contributed by atoms with Gasteiger partial charge in [-0.2, -0.15) is 8.42 Å². The van der Waals surface area contributed by atoms with Crippen molar-refractivity contribution in [1.82, 2.24) is 0 Å². The van der Waals surface area contributed by atoms with Gasteiger partial charge in [0, 0.05) is 11.4 Å². The minimum Gasteiger partial charge on any atom is -0.497 e. The highest BCUT2D eigenvalue weighted by atomic mass is 32.2. The summed E-state index contributed by atoms with van der Waals surface area (Å²) in [5, 5.41) is 2.91. The molecule has 0 saturated heterocycles. The number of methoxy groups -OCH3 is 1. The van der Waals surface area contributed by atoms with E-state index in [0.717, 1.165) is 0 Å². The molecule has 7 heteroatoms. The summed E-state index contributed by atoms with van der Waals surface area (Å²) in [6.07, 6.45) is 0. The average molecular weight is 294 g/mol. The smallest absolute Gasteiger partial charge is 0.296 e. The van der Waals surface area contributed by atoms with E-state index in [1.807, 2.05) is 0 Å². The van der Waals surface area contributed by atoms with Gasteiger partial charge in [-0.3, -0.25) is 4.55 Å². The number of hydrogen-bond donors (Lipinski definition) is 3. The van der Waals surface area contributed by atoms with Crippen LogP contribution in [0.15, 0.2) is 47.4 Å². The summed E-state index contributed by atoms with van der Waals surface area (Å²) in [6.45, 7) is 0. The third-order valence-corrected chi connectivity index (χ3v) is 3.55. The fourth-order valence-corrected chi connectivity index (χ4v) is 2.37. The molecular formula is C13H14N2O4S. The molecular weight excluding hydrogens is 280 g/mol. The predicted molar refractivity (Wildman–Crippen MR) is 76.9 cm³/mol. The Hall–Kier alpha value is -2.25. The van der Waals surface area contributed by atoms with E-state index in [9.17, 15) is 13.0 Å². The third-order valence-electron chi connectivity index (χ3n) is 2.65. The van der Waals surface area contributed by atoms with Crippen LogP contribution < -0.4 is 15.8 Å². The lowest BCUT2D eigenvalue weighted by atomic mass is 10.2. The number of nitrogens with one attached hydrogen (secondary N) is 1. The van der Waals surface area contributed by atoms with Gasteiger partial charge in [0.15, 0.2) is 0 Å². The molecule has 0 unspecified atom stereocenters. The van der Waals surface area contributed by atoms with E-state index >= 15 is 0 Å². The Kier molecular flexibility index (Phi) is 3.82. The van der Waals surface area contributed by atoms with Crippen LogP contribution in [0.5, 0.6) is 5.75 Å². The van der Waals surface area contributed by atoms with Crippen LogP contribution in [0.4, 0.5) is 17.1 Å². The summed E-state index contributed by atoms with van der Waals surface area (Å²) in [5.41, 5.74) is 6.68. The van der Waals surface area contributed by atoms with Crippen LogP contribution in [0.3, 0.4) is 0 Å². The number of nitrogen functional groups attached to an aromatic ring is 1. The van der Waals surface area contributed by atoms with Crippen molar-refractivity contribution in [3.05, 3.63) is 42.5 Å². The van der Waals surface area contributed by atoms with E-state index in [4.69, 9.17) is 10.5 Å². The molecule has 2 rings (SSSR count). The van der Waals surface area contributed by atoms with Crippen molar-refractivity contribution in [2.45, 2.75) is 4.90 Å². The van der Waals surface area contributed by atoms with Crippen molar-refractivity contribution in [1.29, 1.82) is 0 Å². The summed E-state index contributed by atoms with van der Waals surface area (Å²) in [7, 11) is -2.80. The summed E-state index contributed by atoms with van der Waals surface area (Å²) in [4.78, 5) is -0.270. The average Bonchev–Trinajstić information content (AvgIpc) is 2.40. The molecule has 4 N–H and O–H groups in total. The van der Waals surface area contributed by atoms with Crippen molar-refractivity contribution in [2.24, 2.45) is 0 Å². The van der Waals surface area contributed by atoms with Gasteiger partial charge >= 0.3 is 0 Å². The normalized spacial score (nSPS) is 11.1. The molecule has 0 fully saturated rings. The lowest BCUT2D eigenvalue weighted by molar-refractivity contribution is 0.415. The van der Waals surface area contributed by atoms with Crippen LogP contribution in [0.25, 0.3) is 0 Å². The first-order valence-corrected chi connectivity index (χ1v) is 7.12. The molecule has 20 heavy (non-hydrogen) atoms. The minimum atomic E-state index is -4.36. The summed E-state index contributed by atoms with van der Waals surface area (Å²) in [5.74, 6) is 0.683. The Labute approximate surface area is 116 Å². The SMILES string of the molecule is COc1ccc(Nc2ccc(N)cc2S(=O)(=O)O)cc1. The molecule has 0 atom stereocenters. The van der Waals surface area contributed by atoms with Gasteiger partial charge in [-0.25, -0.2) is 0 Å². The second-order valence-electron chi connectivity index (χ2n) is 4.08. The molecule has 0 saturated carbocycles. The maximum atomic E-state index is 11.3. The maximum Gasteiger partial charge on any atom is 0.296 e. The molecule has 0 amide bonds. The first kappa shape index (κ1) is 14.2. The van der Waals surface area contributed by atoms with E-state index in [2.05, 4.69) is 5.32 Å². The summed E-state index contributed by atoms with van der Waals surface area (Å²) in [6, 6.07) is 11.1. The van der Waals surface area contributed by atoms with Gasteiger partial charge in [0.05, 0.1) is 12.8 Å². The standard InChI is InChI=1S/C13H14N2O4S/c1-19-11-5-3-10(4-6-11)15-12-7-2-9(14)8-13(12)20(16,17)18/h2-8,15H,14H2,1H3,(H,16,17,18). The molecule has 0 heterocycles. The fraction of sp³-hybridized carbons (Fsp3) is 0.0769. The quantitative estimate of drug-likeness (QED) is 0.590. The topological polar surface area (TPSA) is 102 Å². The maximum absolute atomic E-state index is 11.3. The highest BCUT2D eigenvalue weighted by Gasteiger charge is 2.16. The Bertz CT molecular complexity index is 712. The van der Waals surface area contributed by atoms with Crippen molar-refractivity contribution < 1.29 is 17.7 Å². The Morgan fingerprint density at radius 2 is 1.80 bits per heavy atom. The van der Waals surface area contributed by atoms with Crippen molar-refractivity contribution >= 4 is 27.2 Å². The number of ether oxygens (including phenoxy) is 1. The molecule has 0 bridgehead atoms. The van der Waals surface area contributed by atoms with Gasteiger partial charge in [0.25, 0.3) is 10.1 Å². The molecule has 0 spiro atoms. The van der Waals surface area contributed by atoms with Crippen LogP contribution >= 0.6 is 0 Å². The van der Waals surface area contributed by atoms with Crippen molar-refractivity contribution in [3.8, 4) is 5.75 Å². The van der Waals surface area contributed by atoms with Crippen LogP contribution in [-0.2, 0) is 10.1 Å². The Balaban J connectivity index is 2.38. The van der Waals surface area contributed by atoms with Gasteiger partial charge in [0.2, 0.25) is 0 Å². The van der Waals surface area contributed by atoms with Crippen LogP contribution in [0.1, 0.15) is 0 Å². The Morgan fingerprint density at radius 1 is 1.15 bits per heavy atom. The molecule has 0 aliphatic carbocycles. The van der Waals surface area contributed by atoms with Crippen LogP contribution in [0, 0.1) is 0 Å². The zero-order valence-electron chi connectivity index (χ0n) is 10.7. The predicted octanol–water partition coefficient (Wildman–Crippen LogP) is 2.27. The molecule has 2 aromatic carbocycles. The van der Waals surface area contributed by atoms with Gasteiger partial charge in [-0.1, -0.05) is 0 Å². The molecule has 0 aliphatic heterocycles. The number of nitrogens with two attached hydrogens (primary N) is 1. The highest BCUT2D eigenvalue weighted by molar-refractivity contribution is 7.86. The third kappa shape index (κ3) is 3.19. The number of rotatable bonds is 4. The second kappa shape index (κ2) is 5.40. The van der Waals surface area contributed by atoms with E-state index in [0.29, 0.717) is 11.4 Å². The number of benzene rings is 2. The second-order valence-corrected chi connectivity index (χ2v) is 5.47. The molecule has 0 radical (unpaired) electrons. The molecule has 0 aliphatic rings. The first-order chi connectivity index (χ1) is 9.40. The number of hydrogen-bond acceptors (Lipinski definition) is 5. The first-order valence-electron chi connectivity index (χ1n) is 5.68. The minimum absolute atomic E-state index is 0.242. The molecule has 2 aromatic rings. The fourth-order valence-electron chi connectivity index (χ4n) is 1.69. The largest absolute Gasteiger partial charge is 0.497 e. The zero-order chi connectivity index (χ0) is 14.8. The highest BCUT2D eigenvalue weighted by Crippen LogP contribution is 2.27. The lowest BCUT2D eigenvalue weighted by Gasteiger charge is -2.11. The summed E-state index contributed by atoms with van der Waals surface area (Å²) >= 11 is 0. The zero-order valence-corrected chi connectivity index (χ0v) is 11.5. The van der Waals surface area contributed by atoms with Crippen molar-refractivity contribution in [2.75, 3.05) is 18.2 Å². The van der Waals surface area contributed by atoms with E-state index in [-0.39, 0.29) is 16.3 Å². The number of anilines is 3. The molecule has 6 nitrogen and oxygen atoms in total. The lowest BCUT2D eigenvalue weighted by Crippen LogP contribution is -2.04. The monoisotopic (exact) mass is 294 g/mol. The molecule has 0 aromatic heterocycles. The van der Waals surface area contributed by atoms with Gasteiger partial charge < -0.3 is 15.8 Å². The van der Waals surface area contributed by atoms with Gasteiger partial charge in [0.1, 0.15) is 10.6 Å². The van der Waals surface area contributed by atoms with E-state index in [1.165, 1.54) is 12.1 Å². The van der Waals surface area contributed by atoms with E-state index < -0.39 is 10.1 Å². The summed E-state index contributed by atoms with van der Waals surface area (Å²) < 4.78 is 36.9. The van der Waals surface area contributed by atoms with E-state index in [1.54, 1.807) is 37.4 Å². The van der Waals surface area contributed by atoms with Gasteiger partial charge in [-0.15, -0.1) is 0 Å². The van der Waals surface area contributed by atoms with Crippen LogP contribution in [-0.4, -0.2) is 20.1 Å².